The summed E-state index contributed by atoms with van der Waals surface area (Å²) in [7, 11) is 0. The summed E-state index contributed by atoms with van der Waals surface area (Å²) >= 11 is 3.49. The molecule has 0 heterocycles. The lowest BCUT2D eigenvalue weighted by atomic mass is 9.98. The van der Waals surface area contributed by atoms with Crippen LogP contribution in [0.1, 0.15) is 18.4 Å². The van der Waals surface area contributed by atoms with Gasteiger partial charge in [-0.15, -0.1) is 0 Å². The van der Waals surface area contributed by atoms with Crippen molar-refractivity contribution < 1.29 is 0 Å². The van der Waals surface area contributed by atoms with E-state index in [9.17, 15) is 0 Å². The molecule has 2 heteroatoms. The third kappa shape index (κ3) is 2.21. The van der Waals surface area contributed by atoms with Gasteiger partial charge in [0.05, 0.1) is 0 Å². The fraction of sp³-hybridized carbons (Fsp3) is 0.231. The molecule has 2 aromatic carbocycles. The minimum Gasteiger partial charge on any atom is -0.330 e. The van der Waals surface area contributed by atoms with Crippen molar-refractivity contribution in [1.29, 1.82) is 0 Å². The molecule has 0 saturated carbocycles. The summed E-state index contributed by atoms with van der Waals surface area (Å²) in [6.07, 6.45) is 0. The van der Waals surface area contributed by atoms with Gasteiger partial charge in [-0.3, -0.25) is 0 Å². The summed E-state index contributed by atoms with van der Waals surface area (Å²) in [5.74, 6) is 0.424. The highest BCUT2D eigenvalue weighted by Gasteiger charge is 2.03. The van der Waals surface area contributed by atoms with Crippen LogP contribution >= 0.6 is 15.9 Å². The molecule has 1 nitrogen and oxygen atoms in total. The van der Waals surface area contributed by atoms with Gasteiger partial charge in [-0.25, -0.2) is 0 Å². The maximum absolute atomic E-state index is 5.67. The van der Waals surface area contributed by atoms with E-state index in [1.54, 1.807) is 0 Å². The predicted molar refractivity (Wildman–Crippen MR) is 69.1 cm³/mol. The highest BCUT2D eigenvalue weighted by atomic mass is 79.9. The van der Waals surface area contributed by atoms with E-state index in [1.165, 1.54) is 16.3 Å². The average Bonchev–Trinajstić information content (AvgIpc) is 2.27. The second-order valence-electron chi connectivity index (χ2n) is 3.89. The van der Waals surface area contributed by atoms with Crippen molar-refractivity contribution in [2.75, 3.05) is 6.54 Å². The Hall–Kier alpha value is -0.860. The monoisotopic (exact) mass is 263 g/mol. The first kappa shape index (κ1) is 10.7. The van der Waals surface area contributed by atoms with Crippen molar-refractivity contribution >= 4 is 26.7 Å². The Bertz CT molecular complexity index is 479. The Kier molecular flexibility index (Phi) is 3.08. The van der Waals surface area contributed by atoms with Gasteiger partial charge in [0, 0.05) is 4.47 Å². The van der Waals surface area contributed by atoms with Crippen molar-refractivity contribution in [3.63, 3.8) is 0 Å². The average molecular weight is 264 g/mol. The molecule has 2 N–H and O–H groups in total. The number of benzene rings is 2. The van der Waals surface area contributed by atoms with Crippen LogP contribution < -0.4 is 5.73 Å². The Labute approximate surface area is 98.4 Å². The van der Waals surface area contributed by atoms with E-state index in [2.05, 4.69) is 59.3 Å². The van der Waals surface area contributed by atoms with Crippen LogP contribution in [0.4, 0.5) is 0 Å². The van der Waals surface area contributed by atoms with Gasteiger partial charge >= 0.3 is 0 Å². The van der Waals surface area contributed by atoms with Crippen LogP contribution in [-0.2, 0) is 0 Å². The number of nitrogens with two attached hydrogens (primary N) is 1. The van der Waals surface area contributed by atoms with Gasteiger partial charge in [0.15, 0.2) is 0 Å². The van der Waals surface area contributed by atoms with E-state index >= 15 is 0 Å². The van der Waals surface area contributed by atoms with Crippen LogP contribution in [0.2, 0.25) is 0 Å². The molecular weight excluding hydrogens is 250 g/mol. The molecule has 78 valence electrons. The highest BCUT2D eigenvalue weighted by Crippen LogP contribution is 2.23. The molecule has 0 radical (unpaired) electrons. The van der Waals surface area contributed by atoms with Crippen LogP contribution in [0, 0.1) is 0 Å². The third-order valence-electron chi connectivity index (χ3n) is 2.75. The zero-order valence-electron chi connectivity index (χ0n) is 8.70. The Morgan fingerprint density at radius 3 is 2.60 bits per heavy atom. The molecule has 0 amide bonds. The molecule has 2 rings (SSSR count). The lowest BCUT2D eigenvalue weighted by Crippen LogP contribution is -2.08. The quantitative estimate of drug-likeness (QED) is 0.880. The van der Waals surface area contributed by atoms with Gasteiger partial charge in [0.25, 0.3) is 0 Å². The molecule has 0 aliphatic rings. The maximum atomic E-state index is 5.67. The van der Waals surface area contributed by atoms with Crippen LogP contribution in [0.5, 0.6) is 0 Å². The molecule has 0 aromatic heterocycles. The molecule has 0 fully saturated rings. The molecule has 2 aromatic rings. The highest BCUT2D eigenvalue weighted by molar-refractivity contribution is 9.10. The number of fused-ring (bicyclic) bond motifs is 1. The molecular formula is C13H14BrN. The second kappa shape index (κ2) is 4.33. The summed E-state index contributed by atoms with van der Waals surface area (Å²) in [6.45, 7) is 2.85. The largest absolute Gasteiger partial charge is 0.330 e. The van der Waals surface area contributed by atoms with Crippen molar-refractivity contribution in [3.05, 3.63) is 46.4 Å². The van der Waals surface area contributed by atoms with E-state index in [4.69, 9.17) is 5.73 Å². The van der Waals surface area contributed by atoms with Crippen LogP contribution in [0.25, 0.3) is 10.8 Å². The van der Waals surface area contributed by atoms with Crippen molar-refractivity contribution in [1.82, 2.24) is 0 Å². The minimum atomic E-state index is 0.424. The molecule has 0 spiro atoms. The zero-order chi connectivity index (χ0) is 10.8. The van der Waals surface area contributed by atoms with Crippen LogP contribution in [0.3, 0.4) is 0 Å². The minimum absolute atomic E-state index is 0.424. The van der Waals surface area contributed by atoms with E-state index in [0.29, 0.717) is 12.5 Å². The fourth-order valence-electron chi connectivity index (χ4n) is 1.68. The van der Waals surface area contributed by atoms with Crippen LogP contribution in [0.15, 0.2) is 40.9 Å². The molecule has 15 heavy (non-hydrogen) atoms. The number of hydrogen-bond donors (Lipinski definition) is 1. The predicted octanol–water partition coefficient (Wildman–Crippen LogP) is 3.66. The Morgan fingerprint density at radius 2 is 1.87 bits per heavy atom. The molecule has 0 saturated heterocycles. The van der Waals surface area contributed by atoms with E-state index in [1.807, 2.05) is 0 Å². The summed E-state index contributed by atoms with van der Waals surface area (Å²) in [5, 5.41) is 2.54. The van der Waals surface area contributed by atoms with Gasteiger partial charge in [-0.2, -0.15) is 0 Å². The van der Waals surface area contributed by atoms with Gasteiger partial charge < -0.3 is 5.73 Å². The van der Waals surface area contributed by atoms with Gasteiger partial charge in [0.1, 0.15) is 0 Å². The molecule has 0 aliphatic heterocycles. The van der Waals surface area contributed by atoms with Gasteiger partial charge in [-0.1, -0.05) is 47.1 Å². The van der Waals surface area contributed by atoms with Gasteiger partial charge in [-0.05, 0) is 40.9 Å². The molecule has 0 bridgehead atoms. The molecule has 1 unspecified atom stereocenters. The summed E-state index contributed by atoms with van der Waals surface area (Å²) in [5.41, 5.74) is 6.98. The van der Waals surface area contributed by atoms with Gasteiger partial charge in [0.2, 0.25) is 0 Å². The van der Waals surface area contributed by atoms with Crippen molar-refractivity contribution in [3.8, 4) is 0 Å². The van der Waals surface area contributed by atoms with E-state index in [-0.39, 0.29) is 0 Å². The summed E-state index contributed by atoms with van der Waals surface area (Å²) in [4.78, 5) is 0. The third-order valence-corrected chi connectivity index (χ3v) is 3.24. The molecule has 0 aliphatic carbocycles. The first-order valence-corrected chi connectivity index (χ1v) is 5.89. The first-order valence-electron chi connectivity index (χ1n) is 5.10. The normalized spacial score (nSPS) is 13.0. The smallest absolute Gasteiger partial charge is 0.0181 e. The second-order valence-corrected chi connectivity index (χ2v) is 4.80. The first-order chi connectivity index (χ1) is 7.20. The zero-order valence-corrected chi connectivity index (χ0v) is 10.3. The van der Waals surface area contributed by atoms with Crippen molar-refractivity contribution in [2.24, 2.45) is 5.73 Å². The number of rotatable bonds is 2. The topological polar surface area (TPSA) is 26.0 Å². The van der Waals surface area contributed by atoms with E-state index < -0.39 is 0 Å². The molecule has 1 atom stereocenters. The summed E-state index contributed by atoms with van der Waals surface area (Å²) < 4.78 is 1.12. The lowest BCUT2D eigenvalue weighted by molar-refractivity contribution is 0.775. The summed E-state index contributed by atoms with van der Waals surface area (Å²) in [6, 6.07) is 12.9. The van der Waals surface area contributed by atoms with Crippen molar-refractivity contribution in [2.45, 2.75) is 12.8 Å². The number of hydrogen-bond acceptors (Lipinski definition) is 1. The maximum Gasteiger partial charge on any atom is 0.0181 e. The van der Waals surface area contributed by atoms with E-state index in [0.717, 1.165) is 4.47 Å². The van der Waals surface area contributed by atoms with Crippen LogP contribution in [-0.4, -0.2) is 6.54 Å². The standard InChI is InChI=1S/C13H14BrN/c1-9(8-15)11-3-2-10-4-5-13(14)7-12(10)6-11/h2-7,9H,8,15H2,1H3. The fourth-order valence-corrected chi connectivity index (χ4v) is 2.06. The number of halogens is 1. The SMILES string of the molecule is CC(CN)c1ccc2ccc(Br)cc2c1. The lowest BCUT2D eigenvalue weighted by Gasteiger charge is -2.09. The Balaban J connectivity index is 2.54. The Morgan fingerprint density at radius 1 is 1.13 bits per heavy atom.